The van der Waals surface area contributed by atoms with Crippen LogP contribution >= 0.6 is 0 Å². The van der Waals surface area contributed by atoms with Crippen molar-refractivity contribution in [2.24, 2.45) is 0 Å². The quantitative estimate of drug-likeness (QED) is 0.801. The normalized spacial score (nSPS) is 10.5. The smallest absolute Gasteiger partial charge is 0.257 e. The SMILES string of the molecule is Cc1nc(-c2cccc(NC(=O)c3cccnc3)c2)oc1C. The third kappa shape index (κ3) is 2.88. The zero-order chi connectivity index (χ0) is 15.5. The van der Waals surface area contributed by atoms with Crippen molar-refractivity contribution in [3.05, 3.63) is 65.8 Å². The summed E-state index contributed by atoms with van der Waals surface area (Å²) in [4.78, 5) is 20.4. The van der Waals surface area contributed by atoms with Crippen molar-refractivity contribution in [3.63, 3.8) is 0 Å². The number of anilines is 1. The van der Waals surface area contributed by atoms with E-state index in [1.54, 1.807) is 18.3 Å². The van der Waals surface area contributed by atoms with Gasteiger partial charge in [-0.1, -0.05) is 6.07 Å². The van der Waals surface area contributed by atoms with Crippen molar-refractivity contribution < 1.29 is 9.21 Å². The predicted molar refractivity (Wildman–Crippen MR) is 83.6 cm³/mol. The van der Waals surface area contributed by atoms with E-state index in [2.05, 4.69) is 15.3 Å². The second-order valence-corrected chi connectivity index (χ2v) is 4.94. The summed E-state index contributed by atoms with van der Waals surface area (Å²) in [6, 6.07) is 10.8. The number of nitrogens with one attached hydrogen (secondary N) is 1. The Bertz CT molecular complexity index is 790. The van der Waals surface area contributed by atoms with Crippen molar-refractivity contribution >= 4 is 11.6 Å². The van der Waals surface area contributed by atoms with Crippen molar-refractivity contribution in [2.75, 3.05) is 5.32 Å². The Morgan fingerprint density at radius 2 is 2.05 bits per heavy atom. The number of aryl methyl sites for hydroxylation is 2. The largest absolute Gasteiger partial charge is 0.441 e. The van der Waals surface area contributed by atoms with Crippen LogP contribution in [-0.4, -0.2) is 15.9 Å². The van der Waals surface area contributed by atoms with Gasteiger partial charge in [0.05, 0.1) is 11.3 Å². The highest BCUT2D eigenvalue weighted by molar-refractivity contribution is 6.04. The van der Waals surface area contributed by atoms with Crippen LogP contribution < -0.4 is 5.32 Å². The summed E-state index contributed by atoms with van der Waals surface area (Å²) in [5.74, 6) is 1.14. The Hall–Kier alpha value is -2.95. The summed E-state index contributed by atoms with van der Waals surface area (Å²) in [5, 5.41) is 2.84. The maximum atomic E-state index is 12.1. The van der Waals surface area contributed by atoms with Crippen LogP contribution in [0.15, 0.2) is 53.2 Å². The number of nitrogens with zero attached hydrogens (tertiary/aromatic N) is 2. The van der Waals surface area contributed by atoms with Gasteiger partial charge < -0.3 is 9.73 Å². The highest BCUT2D eigenvalue weighted by Crippen LogP contribution is 2.24. The number of carbonyl (C=O) groups is 1. The van der Waals surface area contributed by atoms with E-state index in [-0.39, 0.29) is 5.91 Å². The minimum atomic E-state index is -0.204. The number of amides is 1. The minimum absolute atomic E-state index is 0.204. The second kappa shape index (κ2) is 5.81. The van der Waals surface area contributed by atoms with Gasteiger partial charge in [-0.2, -0.15) is 0 Å². The van der Waals surface area contributed by atoms with Crippen LogP contribution in [0.3, 0.4) is 0 Å². The first-order valence-electron chi connectivity index (χ1n) is 6.89. The average molecular weight is 293 g/mol. The average Bonchev–Trinajstić information content (AvgIpc) is 2.88. The van der Waals surface area contributed by atoms with Crippen LogP contribution in [0.2, 0.25) is 0 Å². The van der Waals surface area contributed by atoms with E-state index in [0.29, 0.717) is 17.1 Å². The van der Waals surface area contributed by atoms with E-state index in [1.807, 2.05) is 38.1 Å². The molecule has 0 spiro atoms. The summed E-state index contributed by atoms with van der Waals surface area (Å²) in [5.41, 5.74) is 2.87. The molecule has 0 saturated carbocycles. The van der Waals surface area contributed by atoms with Gasteiger partial charge in [0.1, 0.15) is 5.76 Å². The third-order valence-corrected chi connectivity index (χ3v) is 3.32. The number of carbonyl (C=O) groups excluding carboxylic acids is 1. The van der Waals surface area contributed by atoms with Crippen molar-refractivity contribution in [2.45, 2.75) is 13.8 Å². The molecule has 110 valence electrons. The molecule has 0 bridgehead atoms. The number of benzene rings is 1. The summed E-state index contributed by atoms with van der Waals surface area (Å²) >= 11 is 0. The van der Waals surface area contributed by atoms with E-state index in [1.165, 1.54) is 6.20 Å². The van der Waals surface area contributed by atoms with Gasteiger partial charge >= 0.3 is 0 Å². The second-order valence-electron chi connectivity index (χ2n) is 4.94. The molecule has 1 N–H and O–H groups in total. The van der Waals surface area contributed by atoms with Gasteiger partial charge in [0, 0.05) is 23.6 Å². The molecule has 0 aliphatic carbocycles. The Balaban J connectivity index is 1.84. The number of rotatable bonds is 3. The highest BCUT2D eigenvalue weighted by Gasteiger charge is 2.10. The van der Waals surface area contributed by atoms with Crippen LogP contribution in [0, 0.1) is 13.8 Å². The van der Waals surface area contributed by atoms with Crippen molar-refractivity contribution in [1.82, 2.24) is 9.97 Å². The summed E-state index contributed by atoms with van der Waals surface area (Å²) < 4.78 is 5.61. The summed E-state index contributed by atoms with van der Waals surface area (Å²) in [6.07, 6.45) is 3.16. The number of oxazole rings is 1. The Morgan fingerprint density at radius 3 is 2.73 bits per heavy atom. The van der Waals surface area contributed by atoms with E-state index >= 15 is 0 Å². The maximum Gasteiger partial charge on any atom is 0.257 e. The highest BCUT2D eigenvalue weighted by atomic mass is 16.4. The van der Waals surface area contributed by atoms with Gasteiger partial charge in [0.25, 0.3) is 5.91 Å². The fourth-order valence-electron chi connectivity index (χ4n) is 2.03. The fraction of sp³-hybridized carbons (Fsp3) is 0.118. The van der Waals surface area contributed by atoms with Gasteiger partial charge in [-0.15, -0.1) is 0 Å². The third-order valence-electron chi connectivity index (χ3n) is 3.32. The minimum Gasteiger partial charge on any atom is -0.441 e. The summed E-state index contributed by atoms with van der Waals surface area (Å²) in [7, 11) is 0. The first kappa shape index (κ1) is 14.0. The molecule has 1 amide bonds. The molecular formula is C17H15N3O2. The van der Waals surface area contributed by atoms with Gasteiger partial charge in [-0.25, -0.2) is 4.98 Å². The van der Waals surface area contributed by atoms with Gasteiger partial charge in [-0.3, -0.25) is 9.78 Å². The van der Waals surface area contributed by atoms with Crippen LogP contribution in [0.1, 0.15) is 21.8 Å². The maximum absolute atomic E-state index is 12.1. The standard InChI is InChI=1S/C17H15N3O2/c1-11-12(2)22-17(19-11)13-5-3-7-15(9-13)20-16(21)14-6-4-8-18-10-14/h3-10H,1-2H3,(H,20,21). The molecular weight excluding hydrogens is 278 g/mol. The van der Waals surface area contributed by atoms with Crippen LogP contribution in [0.25, 0.3) is 11.5 Å². The Morgan fingerprint density at radius 1 is 1.18 bits per heavy atom. The number of pyridine rings is 1. The molecule has 0 unspecified atom stereocenters. The van der Waals surface area contributed by atoms with E-state index < -0.39 is 0 Å². The Labute approximate surface area is 128 Å². The zero-order valence-corrected chi connectivity index (χ0v) is 12.3. The lowest BCUT2D eigenvalue weighted by molar-refractivity contribution is 0.102. The zero-order valence-electron chi connectivity index (χ0n) is 12.3. The van der Waals surface area contributed by atoms with Gasteiger partial charge in [0.2, 0.25) is 5.89 Å². The molecule has 0 aliphatic heterocycles. The fourth-order valence-corrected chi connectivity index (χ4v) is 2.03. The van der Waals surface area contributed by atoms with Crippen LogP contribution in [0.5, 0.6) is 0 Å². The van der Waals surface area contributed by atoms with Gasteiger partial charge in [-0.05, 0) is 44.2 Å². The monoisotopic (exact) mass is 293 g/mol. The predicted octanol–water partition coefficient (Wildman–Crippen LogP) is 3.61. The molecule has 0 fully saturated rings. The summed E-state index contributed by atoms with van der Waals surface area (Å²) in [6.45, 7) is 3.77. The molecule has 2 aromatic heterocycles. The van der Waals surface area contributed by atoms with Crippen molar-refractivity contribution in [3.8, 4) is 11.5 Å². The molecule has 5 heteroatoms. The van der Waals surface area contributed by atoms with Crippen LogP contribution in [-0.2, 0) is 0 Å². The molecule has 5 nitrogen and oxygen atoms in total. The lowest BCUT2D eigenvalue weighted by Crippen LogP contribution is -2.11. The van der Waals surface area contributed by atoms with E-state index in [9.17, 15) is 4.79 Å². The molecule has 0 radical (unpaired) electrons. The molecule has 0 saturated heterocycles. The first-order valence-corrected chi connectivity index (χ1v) is 6.89. The van der Waals surface area contributed by atoms with Crippen molar-refractivity contribution in [1.29, 1.82) is 0 Å². The Kier molecular flexibility index (Phi) is 3.70. The topological polar surface area (TPSA) is 68.0 Å². The molecule has 3 aromatic rings. The van der Waals surface area contributed by atoms with E-state index in [4.69, 9.17) is 4.42 Å². The lowest BCUT2D eigenvalue weighted by atomic mass is 10.2. The van der Waals surface area contributed by atoms with Crippen LogP contribution in [0.4, 0.5) is 5.69 Å². The molecule has 0 atom stereocenters. The lowest BCUT2D eigenvalue weighted by Gasteiger charge is -2.06. The molecule has 2 heterocycles. The van der Waals surface area contributed by atoms with E-state index in [0.717, 1.165) is 17.0 Å². The number of hydrogen-bond acceptors (Lipinski definition) is 4. The van der Waals surface area contributed by atoms with Gasteiger partial charge in [0.15, 0.2) is 0 Å². The molecule has 1 aromatic carbocycles. The molecule has 22 heavy (non-hydrogen) atoms. The first-order chi connectivity index (χ1) is 10.6. The molecule has 3 rings (SSSR count). The number of aromatic nitrogens is 2. The molecule has 0 aliphatic rings. The number of hydrogen-bond donors (Lipinski definition) is 1.